The number of carboxylic acids is 1. The first-order valence-electron chi connectivity index (χ1n) is 26.0. The Balaban J connectivity index is 1.66. The van der Waals surface area contributed by atoms with Crippen molar-refractivity contribution in [1.29, 1.82) is 0 Å². The number of fused-ring (bicyclic) bond motifs is 3. The molecule has 0 radical (unpaired) electrons. The summed E-state index contributed by atoms with van der Waals surface area (Å²) in [6, 6.07) is -1.17. The minimum atomic E-state index is -2.45. The summed E-state index contributed by atoms with van der Waals surface area (Å²) in [6.07, 6.45) is 11.4. The molecule has 17 nitrogen and oxygen atoms in total. The summed E-state index contributed by atoms with van der Waals surface area (Å²) >= 11 is 0. The normalized spacial score (nSPS) is 37.6. The van der Waals surface area contributed by atoms with E-state index in [0.717, 1.165) is 12.0 Å². The average Bonchev–Trinajstić information content (AvgIpc) is 3.35. The Hall–Kier alpha value is -3.94. The zero-order valence-corrected chi connectivity index (χ0v) is 44.5. The summed E-state index contributed by atoms with van der Waals surface area (Å²) < 4.78 is 40.9. The maximum absolute atomic E-state index is 14.5. The van der Waals surface area contributed by atoms with Crippen molar-refractivity contribution in [3.8, 4) is 0 Å². The lowest BCUT2D eigenvalue weighted by Gasteiger charge is -2.42. The van der Waals surface area contributed by atoms with Crippen LogP contribution in [-0.4, -0.2) is 158 Å². The van der Waals surface area contributed by atoms with Crippen LogP contribution in [0.25, 0.3) is 0 Å². The molecular weight excluding hydrogens is 931 g/mol. The number of ketones is 3. The van der Waals surface area contributed by atoms with Crippen molar-refractivity contribution in [2.45, 2.75) is 180 Å². The summed E-state index contributed by atoms with van der Waals surface area (Å²) in [6.45, 7) is 12.6. The van der Waals surface area contributed by atoms with E-state index < -0.39 is 90.3 Å². The highest BCUT2D eigenvalue weighted by molar-refractivity contribution is 6.39. The number of allylic oxidation sites excluding steroid dienone is 6. The van der Waals surface area contributed by atoms with Gasteiger partial charge in [0.15, 0.2) is 5.78 Å². The first kappa shape index (κ1) is 60.6. The highest BCUT2D eigenvalue weighted by Gasteiger charge is 2.53. The molecule has 0 unspecified atom stereocenters. The molecule has 1 amide bonds. The van der Waals surface area contributed by atoms with E-state index >= 15 is 0 Å². The topological polar surface area (TPSA) is 231 Å². The van der Waals surface area contributed by atoms with Crippen LogP contribution in [0.2, 0.25) is 0 Å². The van der Waals surface area contributed by atoms with Crippen molar-refractivity contribution < 1.29 is 77.2 Å². The molecular formula is C55H85NO16. The van der Waals surface area contributed by atoms with Crippen LogP contribution in [0.5, 0.6) is 0 Å². The lowest BCUT2D eigenvalue weighted by atomic mass is 9.78. The number of carbonyl (C=O) groups is 6. The van der Waals surface area contributed by atoms with Gasteiger partial charge in [0.2, 0.25) is 5.79 Å². The Labute approximate surface area is 427 Å². The Kier molecular flexibility index (Phi) is 24.6. The fourth-order valence-electron chi connectivity index (χ4n) is 10.7. The molecule has 17 heteroatoms. The minimum absolute atomic E-state index is 0.00354. The first-order chi connectivity index (χ1) is 34.1. The number of esters is 1. The third-order valence-corrected chi connectivity index (χ3v) is 15.2. The molecule has 72 heavy (non-hydrogen) atoms. The van der Waals surface area contributed by atoms with E-state index in [9.17, 15) is 39.0 Å². The quantitative estimate of drug-likeness (QED) is 0.0842. The number of rotatable bonds is 12. The van der Waals surface area contributed by atoms with Gasteiger partial charge in [0.25, 0.3) is 11.7 Å². The molecule has 0 spiro atoms. The summed E-state index contributed by atoms with van der Waals surface area (Å²) in [5.41, 5.74) is 1.24. The van der Waals surface area contributed by atoms with Crippen LogP contribution in [0.4, 0.5) is 0 Å². The van der Waals surface area contributed by atoms with Crippen LogP contribution in [0, 0.1) is 35.5 Å². The van der Waals surface area contributed by atoms with E-state index in [4.69, 9.17) is 38.3 Å². The molecule has 406 valence electrons. The van der Waals surface area contributed by atoms with Crippen LogP contribution in [-0.2, 0) is 61.9 Å². The Morgan fingerprint density at radius 1 is 0.861 bits per heavy atom. The van der Waals surface area contributed by atoms with Gasteiger partial charge >= 0.3 is 11.9 Å². The largest absolute Gasteiger partial charge is 0.480 e. The van der Waals surface area contributed by atoms with Gasteiger partial charge in [-0.15, -0.1) is 0 Å². The van der Waals surface area contributed by atoms with E-state index in [1.807, 2.05) is 51.2 Å². The number of aliphatic hydroxyl groups excluding tert-OH is 1. The maximum Gasteiger partial charge on any atom is 0.329 e. The monoisotopic (exact) mass is 1020 g/mol. The summed E-state index contributed by atoms with van der Waals surface area (Å²) in [5.74, 6) is -9.29. The second kappa shape index (κ2) is 29.2. The number of aliphatic carboxylic acids is 1. The molecule has 3 heterocycles. The van der Waals surface area contributed by atoms with Gasteiger partial charge in [0.05, 0.1) is 37.6 Å². The predicted molar refractivity (Wildman–Crippen MR) is 267 cm³/mol. The highest BCUT2D eigenvalue weighted by atomic mass is 16.6. The second-order valence-corrected chi connectivity index (χ2v) is 20.9. The molecule has 1 saturated carbocycles. The third-order valence-electron chi connectivity index (χ3n) is 15.2. The number of ether oxygens (including phenoxy) is 7. The Bertz CT molecular complexity index is 1950. The van der Waals surface area contributed by atoms with Crippen molar-refractivity contribution in [3.63, 3.8) is 0 Å². The maximum atomic E-state index is 14.5. The zero-order valence-electron chi connectivity index (χ0n) is 44.5. The molecule has 0 aromatic rings. The number of hydrogen-bond acceptors (Lipinski definition) is 15. The number of carbonyl (C=O) groups excluding carboxylic acids is 5. The SMILES string of the molecule is CO[C@H]1C[C@@H]2CC[C@@H](C)[C@@](O)(O2)C(=O)C(=O)N2CCCC[C@H]2C(=O)O[C@H]([C@@H](C)C[C@H]2CC[C@@H](OCCOCC(=O)O)[C@H](OC)C2)CC(=O)[C@H](C)/C=C(\C)[C@@H](O)[C@@H](OC)C(=O)[C@H](C)C[C@H](C)/C=C/C=C/C=C/1C. The fourth-order valence-corrected chi connectivity index (χ4v) is 10.7. The van der Waals surface area contributed by atoms with Crippen molar-refractivity contribution in [2.75, 3.05) is 47.7 Å². The van der Waals surface area contributed by atoms with Gasteiger partial charge in [-0.1, -0.05) is 71.1 Å². The van der Waals surface area contributed by atoms with Crippen LogP contribution < -0.4 is 0 Å². The molecule has 15 atom stereocenters. The molecule has 2 saturated heterocycles. The van der Waals surface area contributed by atoms with Crippen LogP contribution >= 0.6 is 0 Å². The van der Waals surface area contributed by atoms with Crippen molar-refractivity contribution in [2.24, 2.45) is 35.5 Å². The van der Waals surface area contributed by atoms with E-state index in [2.05, 4.69) is 0 Å². The molecule has 1 aliphatic carbocycles. The molecule has 4 rings (SSSR count). The molecule has 0 aromatic heterocycles. The highest BCUT2D eigenvalue weighted by Crippen LogP contribution is 2.38. The van der Waals surface area contributed by atoms with E-state index in [1.165, 1.54) is 12.0 Å². The van der Waals surface area contributed by atoms with Crippen LogP contribution in [0.3, 0.4) is 0 Å². The molecule has 2 bridgehead atoms. The standard InChI is InChI=1S/C55H85NO16/c1-33-16-12-11-13-17-34(2)45(66-8)30-41-21-19-39(7)55(65,72-41)52(62)53(63)56-23-15-14-18-42(56)54(64)71-46(31-43(57)35(3)27-38(6)50(61)51(68-10)49(60)37(5)26-33)36(4)28-40-20-22-44(47(29-40)67-9)70-25-24-69-32-48(58)59/h11-13,16-17,27,33,35-37,39-42,44-47,50-51,61,65H,14-15,18-26,28-32H2,1-10H3,(H,58,59)/b13-11+,16-12+,34-17+,38-27+/t33-,35-,36+,37-,39-,40-,41+,42+,44-,45+,46+,47-,50-,51+,55-/m1/s1. The fraction of sp³-hybridized carbons (Fsp3) is 0.745. The second-order valence-electron chi connectivity index (χ2n) is 20.9. The van der Waals surface area contributed by atoms with Gasteiger partial charge < -0.3 is 53.4 Å². The van der Waals surface area contributed by atoms with Gasteiger partial charge in [-0.25, -0.2) is 9.59 Å². The molecule has 0 aromatic carbocycles. The smallest absolute Gasteiger partial charge is 0.329 e. The molecule has 3 N–H and O–H groups in total. The van der Waals surface area contributed by atoms with Crippen molar-refractivity contribution in [1.82, 2.24) is 4.90 Å². The number of piperidine rings is 1. The van der Waals surface area contributed by atoms with Crippen molar-refractivity contribution in [3.05, 3.63) is 47.6 Å². The number of nitrogens with zero attached hydrogens (tertiary/aromatic N) is 1. The Morgan fingerprint density at radius 2 is 1.60 bits per heavy atom. The van der Waals surface area contributed by atoms with Crippen LogP contribution in [0.15, 0.2) is 47.6 Å². The first-order valence-corrected chi connectivity index (χ1v) is 26.0. The van der Waals surface area contributed by atoms with Crippen molar-refractivity contribution >= 4 is 35.2 Å². The lowest BCUT2D eigenvalue weighted by molar-refractivity contribution is -0.265. The number of cyclic esters (lactones) is 1. The summed E-state index contributed by atoms with van der Waals surface area (Å²) in [4.78, 5) is 83.2. The minimum Gasteiger partial charge on any atom is -0.480 e. The number of carboxylic acid groups (broad SMARTS) is 1. The molecule has 3 aliphatic heterocycles. The van der Waals surface area contributed by atoms with Gasteiger partial charge in [0.1, 0.15) is 36.7 Å². The van der Waals surface area contributed by atoms with Gasteiger partial charge in [-0.05, 0) is 107 Å². The van der Waals surface area contributed by atoms with Gasteiger partial charge in [0, 0.05) is 58.5 Å². The molecule has 4 aliphatic rings. The zero-order chi connectivity index (χ0) is 53.3. The number of hydrogen-bond donors (Lipinski definition) is 3. The predicted octanol–water partition coefficient (Wildman–Crippen LogP) is 6.31. The summed E-state index contributed by atoms with van der Waals surface area (Å²) in [5, 5.41) is 32.4. The van der Waals surface area contributed by atoms with Gasteiger partial charge in [-0.3, -0.25) is 19.2 Å². The van der Waals surface area contributed by atoms with E-state index in [-0.39, 0.29) is 74.1 Å². The summed E-state index contributed by atoms with van der Waals surface area (Å²) in [7, 11) is 4.54. The number of methoxy groups -OCH3 is 3. The van der Waals surface area contributed by atoms with Gasteiger partial charge in [-0.2, -0.15) is 0 Å². The number of Topliss-reactive ketones (excluding diaryl/α,β-unsaturated/α-hetero) is 3. The number of aliphatic hydroxyl groups is 2. The lowest BCUT2D eigenvalue weighted by Crippen LogP contribution is -2.61. The third kappa shape index (κ3) is 17.1. The number of amides is 1. The average molecular weight is 1020 g/mol. The van der Waals surface area contributed by atoms with Crippen LogP contribution in [0.1, 0.15) is 126 Å². The molecule has 3 fully saturated rings. The van der Waals surface area contributed by atoms with E-state index in [1.54, 1.807) is 48.0 Å². The van der Waals surface area contributed by atoms with E-state index in [0.29, 0.717) is 63.4 Å². The Morgan fingerprint density at radius 3 is 2.28 bits per heavy atom.